The molecule has 1 amide bonds. The summed E-state index contributed by atoms with van der Waals surface area (Å²) in [7, 11) is 3.56. The number of rotatable bonds is 6. The van der Waals surface area contributed by atoms with Crippen LogP contribution in [0.25, 0.3) is 18.2 Å². The molecular weight excluding hydrogens is 488 g/mol. The number of anilines is 1. The Hall–Kier alpha value is -3.68. The second-order valence-corrected chi connectivity index (χ2v) is 11.2. The summed E-state index contributed by atoms with van der Waals surface area (Å²) in [5, 5.41) is 7.91. The first-order chi connectivity index (χ1) is 19.1. The molecule has 7 heteroatoms. The minimum absolute atomic E-state index is 0.208. The number of morpholine rings is 1. The zero-order chi connectivity index (χ0) is 26.6. The van der Waals surface area contributed by atoms with Gasteiger partial charge in [0.05, 0.1) is 31.4 Å². The van der Waals surface area contributed by atoms with Crippen LogP contribution in [0.1, 0.15) is 40.1 Å². The summed E-state index contributed by atoms with van der Waals surface area (Å²) in [5.74, 6) is 1.59. The molecular formula is C32H34N4O3. The number of ether oxygens (including phenoxy) is 2. The van der Waals surface area contributed by atoms with Crippen LogP contribution in [0.2, 0.25) is 0 Å². The maximum absolute atomic E-state index is 13.4. The number of nitrogens with zero attached hydrogens (tertiary/aromatic N) is 3. The molecule has 200 valence electrons. The third-order valence-electron chi connectivity index (χ3n) is 9.05. The smallest absolute Gasteiger partial charge is 0.237 e. The molecule has 2 fully saturated rings. The number of carbonyl (C=O) groups excluding carboxylic acids is 1. The minimum Gasteiger partial charge on any atom is -0.497 e. The number of allylic oxidation sites excluding steroid dienone is 1. The van der Waals surface area contributed by atoms with E-state index in [-0.39, 0.29) is 11.8 Å². The van der Waals surface area contributed by atoms with E-state index < -0.39 is 5.41 Å². The maximum Gasteiger partial charge on any atom is 0.237 e. The zero-order valence-corrected chi connectivity index (χ0v) is 22.5. The highest BCUT2D eigenvalue weighted by molar-refractivity contribution is 6.10. The molecule has 1 N–H and O–H groups in total. The number of hydrogen-bond donors (Lipinski definition) is 1. The first kappa shape index (κ1) is 24.4. The van der Waals surface area contributed by atoms with Gasteiger partial charge in [0.1, 0.15) is 5.75 Å². The van der Waals surface area contributed by atoms with Crippen molar-refractivity contribution in [1.29, 1.82) is 0 Å². The number of benzene rings is 2. The molecule has 3 atom stereocenters. The zero-order valence-electron chi connectivity index (χ0n) is 22.5. The number of nitrogens with one attached hydrogen (secondary N) is 1. The second-order valence-electron chi connectivity index (χ2n) is 11.2. The highest BCUT2D eigenvalue weighted by Gasteiger charge is 2.68. The molecule has 0 bridgehead atoms. The highest BCUT2D eigenvalue weighted by atomic mass is 16.5. The molecule has 2 aromatic carbocycles. The van der Waals surface area contributed by atoms with E-state index in [1.165, 1.54) is 5.56 Å². The molecule has 1 saturated carbocycles. The van der Waals surface area contributed by atoms with E-state index in [1.807, 2.05) is 24.1 Å². The van der Waals surface area contributed by atoms with Gasteiger partial charge in [-0.05, 0) is 65.6 Å². The summed E-state index contributed by atoms with van der Waals surface area (Å²) in [4.78, 5) is 17.7. The van der Waals surface area contributed by atoms with Crippen LogP contribution in [0.5, 0.6) is 5.75 Å². The van der Waals surface area contributed by atoms with Crippen LogP contribution in [0.4, 0.5) is 5.69 Å². The fourth-order valence-corrected chi connectivity index (χ4v) is 6.77. The van der Waals surface area contributed by atoms with Gasteiger partial charge in [-0.25, -0.2) is 0 Å². The molecule has 3 heterocycles. The van der Waals surface area contributed by atoms with Gasteiger partial charge >= 0.3 is 0 Å². The minimum atomic E-state index is -0.429. The number of amides is 1. The maximum atomic E-state index is 13.4. The van der Waals surface area contributed by atoms with Crippen molar-refractivity contribution >= 4 is 29.8 Å². The normalized spacial score (nSPS) is 25.9. The van der Waals surface area contributed by atoms with Gasteiger partial charge in [-0.1, -0.05) is 42.5 Å². The Morgan fingerprint density at radius 3 is 2.77 bits per heavy atom. The SMILES string of the molecule is COc1ccc2c(c1)[C@]1(C[C@H]1C1C=Cc3c(/C=C/c4ccc(CN5CCOCC5)cc4)n[nH]c3C1)C(=O)N2C. The van der Waals surface area contributed by atoms with Crippen molar-refractivity contribution < 1.29 is 14.3 Å². The highest BCUT2D eigenvalue weighted by Crippen LogP contribution is 2.65. The van der Waals surface area contributed by atoms with E-state index in [1.54, 1.807) is 7.11 Å². The second kappa shape index (κ2) is 9.50. The number of methoxy groups -OCH3 is 1. The van der Waals surface area contributed by atoms with E-state index in [9.17, 15) is 4.79 Å². The van der Waals surface area contributed by atoms with Crippen molar-refractivity contribution in [2.24, 2.45) is 11.8 Å². The average Bonchev–Trinajstić information content (AvgIpc) is 3.56. The summed E-state index contributed by atoms with van der Waals surface area (Å²) in [6, 6.07) is 14.8. The van der Waals surface area contributed by atoms with E-state index in [0.29, 0.717) is 5.92 Å². The Bertz CT molecular complexity index is 1470. The van der Waals surface area contributed by atoms with Crippen LogP contribution >= 0.6 is 0 Å². The molecule has 0 radical (unpaired) electrons. The Labute approximate surface area is 229 Å². The number of hydrogen-bond acceptors (Lipinski definition) is 5. The number of aromatic amines is 1. The Morgan fingerprint density at radius 2 is 1.97 bits per heavy atom. The van der Waals surface area contributed by atoms with Crippen LogP contribution in [0.15, 0.2) is 48.5 Å². The van der Waals surface area contributed by atoms with Gasteiger partial charge in [0, 0.05) is 43.6 Å². The van der Waals surface area contributed by atoms with Crippen LogP contribution in [-0.2, 0) is 27.9 Å². The Kier molecular flexibility index (Phi) is 5.94. The molecule has 2 aliphatic heterocycles. The Morgan fingerprint density at radius 1 is 1.15 bits per heavy atom. The molecule has 7 rings (SSSR count). The van der Waals surface area contributed by atoms with E-state index in [2.05, 4.69) is 69.7 Å². The number of fused-ring (bicyclic) bond motifs is 3. The molecule has 4 aliphatic rings. The van der Waals surface area contributed by atoms with Crippen LogP contribution in [-0.4, -0.2) is 61.5 Å². The van der Waals surface area contributed by atoms with Crippen molar-refractivity contribution in [3.05, 3.63) is 82.2 Å². The third-order valence-corrected chi connectivity index (χ3v) is 9.05. The van der Waals surface area contributed by atoms with Gasteiger partial charge in [0.25, 0.3) is 0 Å². The lowest BCUT2D eigenvalue weighted by Crippen LogP contribution is -2.35. The molecule has 1 spiro atoms. The van der Waals surface area contributed by atoms with Gasteiger partial charge in [0.15, 0.2) is 0 Å². The van der Waals surface area contributed by atoms with Crippen LogP contribution in [0, 0.1) is 11.8 Å². The quantitative estimate of drug-likeness (QED) is 0.515. The monoisotopic (exact) mass is 522 g/mol. The molecule has 7 nitrogen and oxygen atoms in total. The number of H-pyrrole nitrogens is 1. The Balaban J connectivity index is 1.04. The van der Waals surface area contributed by atoms with E-state index >= 15 is 0 Å². The summed E-state index contributed by atoms with van der Waals surface area (Å²) < 4.78 is 10.9. The first-order valence-corrected chi connectivity index (χ1v) is 13.9. The predicted octanol–water partition coefficient (Wildman–Crippen LogP) is 4.54. The standard InChI is InChI=1S/C32H34N4O3/c1-35-30-12-9-24(38-2)18-26(30)32(31(35)37)19-27(32)23-8-10-25-28(33-34-29(25)17-23)11-7-21-3-5-22(6-4-21)20-36-13-15-39-16-14-36/h3-12,18,23,27H,13-17,19-20H2,1-2H3,(H,33,34)/b11-7+/t23?,27-,32-/m0/s1. The molecule has 1 unspecified atom stereocenters. The summed E-state index contributed by atoms with van der Waals surface area (Å²) >= 11 is 0. The lowest BCUT2D eigenvalue weighted by Gasteiger charge is -2.26. The van der Waals surface area contributed by atoms with Gasteiger partial charge in [-0.15, -0.1) is 0 Å². The van der Waals surface area contributed by atoms with Gasteiger partial charge < -0.3 is 14.4 Å². The molecule has 3 aromatic rings. The lowest BCUT2D eigenvalue weighted by atomic mass is 9.84. The summed E-state index contributed by atoms with van der Waals surface area (Å²) in [6.07, 6.45) is 10.4. The molecule has 1 aromatic heterocycles. The number of carbonyl (C=O) groups is 1. The average molecular weight is 523 g/mol. The summed E-state index contributed by atoms with van der Waals surface area (Å²) in [6.45, 7) is 4.61. The van der Waals surface area contributed by atoms with Crippen molar-refractivity contribution in [3.63, 3.8) is 0 Å². The topological polar surface area (TPSA) is 70.7 Å². The fourth-order valence-electron chi connectivity index (χ4n) is 6.77. The largest absolute Gasteiger partial charge is 0.497 e. The fraction of sp³-hybridized carbons (Fsp3) is 0.375. The van der Waals surface area contributed by atoms with Crippen LogP contribution < -0.4 is 9.64 Å². The van der Waals surface area contributed by atoms with Gasteiger partial charge in [0.2, 0.25) is 5.91 Å². The number of likely N-dealkylation sites (N-methyl/N-ethyl adjacent to an activating group) is 1. The lowest BCUT2D eigenvalue weighted by molar-refractivity contribution is -0.120. The van der Waals surface area contributed by atoms with Crippen molar-refractivity contribution in [2.75, 3.05) is 45.4 Å². The third kappa shape index (κ3) is 4.12. The predicted molar refractivity (Wildman–Crippen MR) is 152 cm³/mol. The van der Waals surface area contributed by atoms with Crippen molar-refractivity contribution in [1.82, 2.24) is 15.1 Å². The van der Waals surface area contributed by atoms with Gasteiger partial charge in [-0.3, -0.25) is 14.8 Å². The first-order valence-electron chi connectivity index (χ1n) is 13.9. The van der Waals surface area contributed by atoms with Crippen molar-refractivity contribution in [2.45, 2.75) is 24.8 Å². The van der Waals surface area contributed by atoms with Crippen LogP contribution in [0.3, 0.4) is 0 Å². The van der Waals surface area contributed by atoms with E-state index in [4.69, 9.17) is 9.47 Å². The summed E-state index contributed by atoms with van der Waals surface area (Å²) in [5.41, 5.74) is 7.43. The molecule has 39 heavy (non-hydrogen) atoms. The van der Waals surface area contributed by atoms with Gasteiger partial charge in [-0.2, -0.15) is 5.10 Å². The number of aromatic nitrogens is 2. The van der Waals surface area contributed by atoms with Crippen molar-refractivity contribution in [3.8, 4) is 5.75 Å². The molecule has 1 saturated heterocycles. The van der Waals surface area contributed by atoms with E-state index in [0.717, 1.165) is 85.2 Å². The molecule has 2 aliphatic carbocycles.